The SMILES string of the molecule is O=[N+]([O-])CC(c1ccc(F)cc1)C1CCNCC1. The standard InChI is InChI=1S/C13H17FN2O2/c14-12-3-1-10(2-4-12)13(9-16(17)18)11-5-7-15-8-6-11/h1-4,11,13,15H,5-9H2. The number of benzene rings is 1. The van der Waals surface area contributed by atoms with Crippen molar-refractivity contribution in [2.75, 3.05) is 19.6 Å². The summed E-state index contributed by atoms with van der Waals surface area (Å²) >= 11 is 0. The zero-order valence-electron chi connectivity index (χ0n) is 10.1. The summed E-state index contributed by atoms with van der Waals surface area (Å²) in [4.78, 5) is 10.5. The second-order valence-corrected chi connectivity index (χ2v) is 4.76. The Morgan fingerprint density at radius 1 is 1.33 bits per heavy atom. The summed E-state index contributed by atoms with van der Waals surface area (Å²) in [6.07, 6.45) is 1.88. The predicted octanol–water partition coefficient (Wildman–Crippen LogP) is 2.19. The van der Waals surface area contributed by atoms with Crippen LogP contribution in [0.25, 0.3) is 0 Å². The normalized spacial score (nSPS) is 18.5. The summed E-state index contributed by atoms with van der Waals surface area (Å²) in [5, 5.41) is 14.1. The van der Waals surface area contributed by atoms with Gasteiger partial charge in [-0.15, -0.1) is 0 Å². The predicted molar refractivity (Wildman–Crippen MR) is 66.6 cm³/mol. The van der Waals surface area contributed by atoms with E-state index in [4.69, 9.17) is 0 Å². The van der Waals surface area contributed by atoms with E-state index in [1.807, 2.05) is 0 Å². The van der Waals surface area contributed by atoms with E-state index in [1.165, 1.54) is 12.1 Å². The third kappa shape index (κ3) is 3.26. The van der Waals surface area contributed by atoms with Crippen molar-refractivity contribution in [3.63, 3.8) is 0 Å². The maximum atomic E-state index is 12.9. The largest absolute Gasteiger partial charge is 0.317 e. The Morgan fingerprint density at radius 3 is 2.50 bits per heavy atom. The molecule has 1 aliphatic rings. The number of halogens is 1. The van der Waals surface area contributed by atoms with Crippen molar-refractivity contribution < 1.29 is 9.31 Å². The molecule has 1 aromatic carbocycles. The maximum absolute atomic E-state index is 12.9. The number of hydrogen-bond acceptors (Lipinski definition) is 3. The molecule has 4 nitrogen and oxygen atoms in total. The molecule has 0 aromatic heterocycles. The first-order valence-corrected chi connectivity index (χ1v) is 6.25. The number of nitro groups is 1. The van der Waals surface area contributed by atoms with Gasteiger partial charge in [0.2, 0.25) is 6.54 Å². The Kier molecular flexibility index (Phi) is 4.25. The summed E-state index contributed by atoms with van der Waals surface area (Å²) in [7, 11) is 0. The van der Waals surface area contributed by atoms with Crippen LogP contribution in [0.15, 0.2) is 24.3 Å². The highest BCUT2D eigenvalue weighted by Crippen LogP contribution is 2.31. The molecule has 0 amide bonds. The van der Waals surface area contributed by atoms with Crippen LogP contribution in [-0.4, -0.2) is 24.6 Å². The number of hydrogen-bond donors (Lipinski definition) is 1. The fourth-order valence-electron chi connectivity index (χ4n) is 2.64. The first-order valence-electron chi connectivity index (χ1n) is 6.25. The summed E-state index contributed by atoms with van der Waals surface area (Å²) in [6, 6.07) is 6.10. The minimum atomic E-state index is -0.302. The van der Waals surface area contributed by atoms with Crippen molar-refractivity contribution in [3.05, 3.63) is 45.8 Å². The Hall–Kier alpha value is -1.49. The molecule has 1 N–H and O–H groups in total. The zero-order valence-corrected chi connectivity index (χ0v) is 10.1. The molecule has 0 saturated carbocycles. The molecule has 98 valence electrons. The van der Waals surface area contributed by atoms with E-state index < -0.39 is 0 Å². The van der Waals surface area contributed by atoms with Gasteiger partial charge < -0.3 is 5.32 Å². The summed E-state index contributed by atoms with van der Waals surface area (Å²) in [5.74, 6) is -0.103. The van der Waals surface area contributed by atoms with E-state index in [2.05, 4.69) is 5.32 Å². The van der Waals surface area contributed by atoms with E-state index >= 15 is 0 Å². The molecule has 1 fully saturated rings. The molecule has 1 atom stereocenters. The van der Waals surface area contributed by atoms with Gasteiger partial charge in [0.1, 0.15) is 5.82 Å². The van der Waals surface area contributed by atoms with Gasteiger partial charge in [-0.2, -0.15) is 0 Å². The van der Waals surface area contributed by atoms with Crippen LogP contribution in [0.3, 0.4) is 0 Å². The second kappa shape index (κ2) is 5.91. The van der Waals surface area contributed by atoms with Gasteiger partial charge in [-0.1, -0.05) is 12.1 Å². The van der Waals surface area contributed by atoms with E-state index in [9.17, 15) is 14.5 Å². The van der Waals surface area contributed by atoms with Crippen LogP contribution < -0.4 is 5.32 Å². The molecular formula is C13H17FN2O2. The third-order valence-corrected chi connectivity index (χ3v) is 3.60. The average Bonchev–Trinajstić information content (AvgIpc) is 2.38. The van der Waals surface area contributed by atoms with Gasteiger partial charge in [0, 0.05) is 4.92 Å². The highest BCUT2D eigenvalue weighted by molar-refractivity contribution is 5.21. The lowest BCUT2D eigenvalue weighted by Crippen LogP contribution is -2.33. The summed E-state index contributed by atoms with van der Waals surface area (Å²) < 4.78 is 12.9. The Labute approximate surface area is 105 Å². The Balaban J connectivity index is 2.17. The number of nitrogens with one attached hydrogen (secondary N) is 1. The topological polar surface area (TPSA) is 55.2 Å². The van der Waals surface area contributed by atoms with E-state index in [1.54, 1.807) is 12.1 Å². The Morgan fingerprint density at radius 2 is 1.94 bits per heavy atom. The first-order chi connectivity index (χ1) is 8.66. The van der Waals surface area contributed by atoms with Crippen molar-refractivity contribution in [2.45, 2.75) is 18.8 Å². The molecule has 2 rings (SSSR count). The van der Waals surface area contributed by atoms with Gasteiger partial charge in [0.15, 0.2) is 0 Å². The molecule has 1 unspecified atom stereocenters. The van der Waals surface area contributed by atoms with E-state index in [-0.39, 0.29) is 23.2 Å². The molecule has 5 heteroatoms. The van der Waals surface area contributed by atoms with Crippen LogP contribution in [0.2, 0.25) is 0 Å². The van der Waals surface area contributed by atoms with Crippen LogP contribution in [0.4, 0.5) is 4.39 Å². The maximum Gasteiger partial charge on any atom is 0.210 e. The lowest BCUT2D eigenvalue weighted by molar-refractivity contribution is -0.485. The van der Waals surface area contributed by atoms with Gasteiger partial charge in [-0.25, -0.2) is 4.39 Å². The lowest BCUT2D eigenvalue weighted by atomic mass is 9.80. The minimum absolute atomic E-state index is 0.0731. The van der Waals surface area contributed by atoms with Crippen molar-refractivity contribution in [3.8, 4) is 0 Å². The van der Waals surface area contributed by atoms with Crippen molar-refractivity contribution >= 4 is 0 Å². The molecule has 1 heterocycles. The fraction of sp³-hybridized carbons (Fsp3) is 0.538. The second-order valence-electron chi connectivity index (χ2n) is 4.76. The molecule has 18 heavy (non-hydrogen) atoms. The van der Waals surface area contributed by atoms with Crippen LogP contribution in [0, 0.1) is 21.8 Å². The molecule has 1 aliphatic heterocycles. The number of piperidine rings is 1. The number of nitrogens with zero attached hydrogens (tertiary/aromatic N) is 1. The van der Waals surface area contributed by atoms with Gasteiger partial charge in [-0.05, 0) is 49.5 Å². The highest BCUT2D eigenvalue weighted by Gasteiger charge is 2.28. The molecule has 0 spiro atoms. The van der Waals surface area contributed by atoms with Gasteiger partial charge >= 0.3 is 0 Å². The minimum Gasteiger partial charge on any atom is -0.317 e. The zero-order chi connectivity index (χ0) is 13.0. The fourth-order valence-corrected chi connectivity index (χ4v) is 2.64. The van der Waals surface area contributed by atoms with Crippen molar-refractivity contribution in [1.82, 2.24) is 5.32 Å². The quantitative estimate of drug-likeness (QED) is 0.660. The van der Waals surface area contributed by atoms with Crippen molar-refractivity contribution in [2.24, 2.45) is 5.92 Å². The van der Waals surface area contributed by atoms with Crippen LogP contribution >= 0.6 is 0 Å². The van der Waals surface area contributed by atoms with Gasteiger partial charge in [0.25, 0.3) is 0 Å². The first kappa shape index (κ1) is 13.0. The summed E-state index contributed by atoms with van der Waals surface area (Å²) in [6.45, 7) is 1.73. The average molecular weight is 252 g/mol. The van der Waals surface area contributed by atoms with E-state index in [0.717, 1.165) is 31.5 Å². The smallest absolute Gasteiger partial charge is 0.210 e. The number of rotatable bonds is 4. The van der Waals surface area contributed by atoms with Crippen LogP contribution in [-0.2, 0) is 0 Å². The highest BCUT2D eigenvalue weighted by atomic mass is 19.1. The summed E-state index contributed by atoms with van der Waals surface area (Å²) in [5.41, 5.74) is 0.875. The molecule has 0 radical (unpaired) electrons. The molecule has 1 aromatic rings. The van der Waals surface area contributed by atoms with Crippen LogP contribution in [0.5, 0.6) is 0 Å². The van der Waals surface area contributed by atoms with Crippen LogP contribution in [0.1, 0.15) is 24.3 Å². The Bertz CT molecular complexity index is 402. The molecule has 0 bridgehead atoms. The monoisotopic (exact) mass is 252 g/mol. The molecule has 0 aliphatic carbocycles. The lowest BCUT2D eigenvalue weighted by Gasteiger charge is -2.28. The van der Waals surface area contributed by atoms with E-state index in [0.29, 0.717) is 5.92 Å². The third-order valence-electron chi connectivity index (χ3n) is 3.60. The van der Waals surface area contributed by atoms with Gasteiger partial charge in [0.05, 0.1) is 5.92 Å². The molecular weight excluding hydrogens is 235 g/mol. The van der Waals surface area contributed by atoms with Gasteiger partial charge in [-0.3, -0.25) is 10.1 Å². The van der Waals surface area contributed by atoms with Crippen molar-refractivity contribution in [1.29, 1.82) is 0 Å². The molecule has 1 saturated heterocycles.